The molecule has 2 saturated heterocycles. The van der Waals surface area contributed by atoms with Gasteiger partial charge in [-0.05, 0) is 110 Å². The minimum atomic E-state index is -0.716. The largest absolute Gasteiger partial charge is 0.496 e. The molecule has 1 aromatic heterocycles. The first-order valence-electron chi connectivity index (χ1n) is 18.0. The quantitative estimate of drug-likeness (QED) is 0.137. The molecule has 2 atom stereocenters. The molecule has 266 valence electrons. The van der Waals surface area contributed by atoms with E-state index in [4.69, 9.17) is 14.5 Å². The van der Waals surface area contributed by atoms with E-state index in [1.54, 1.807) is 14.2 Å². The number of carboxylic acid groups (broad SMARTS) is 1. The molecular formula is C43H49N3O5. The Morgan fingerprint density at radius 1 is 0.922 bits per heavy atom. The van der Waals surface area contributed by atoms with Gasteiger partial charge < -0.3 is 19.9 Å². The van der Waals surface area contributed by atoms with E-state index in [1.165, 1.54) is 11.1 Å². The molecule has 0 saturated carbocycles. The van der Waals surface area contributed by atoms with Crippen molar-refractivity contribution < 1.29 is 24.2 Å². The lowest BCUT2D eigenvalue weighted by Gasteiger charge is -2.19. The molecule has 2 fully saturated rings. The first-order chi connectivity index (χ1) is 24.6. The van der Waals surface area contributed by atoms with Gasteiger partial charge >= 0.3 is 5.97 Å². The van der Waals surface area contributed by atoms with E-state index < -0.39 is 5.97 Å². The van der Waals surface area contributed by atoms with Crippen molar-refractivity contribution in [2.24, 2.45) is 5.92 Å². The number of carbonyl (C=O) groups is 2. The van der Waals surface area contributed by atoms with Crippen molar-refractivity contribution in [2.45, 2.75) is 71.9 Å². The summed E-state index contributed by atoms with van der Waals surface area (Å²) < 4.78 is 11.6. The summed E-state index contributed by atoms with van der Waals surface area (Å²) in [4.78, 5) is 30.2. The van der Waals surface area contributed by atoms with Crippen molar-refractivity contribution in [3.05, 3.63) is 99.6 Å². The number of methoxy groups -OCH3 is 2. The Balaban J connectivity index is 1.20. The van der Waals surface area contributed by atoms with Crippen LogP contribution in [0.1, 0.15) is 71.0 Å². The second kappa shape index (κ2) is 15.9. The number of aryl methyl sites for hydroxylation is 2. The molecule has 3 aromatic carbocycles. The minimum absolute atomic E-state index is 0.159. The average molecular weight is 688 g/mol. The number of ether oxygens (including phenoxy) is 2. The average Bonchev–Trinajstić information content (AvgIpc) is 3.77. The number of benzene rings is 3. The molecule has 0 aliphatic carbocycles. The Kier molecular flexibility index (Phi) is 11.2. The normalized spacial score (nSPS) is 17.6. The van der Waals surface area contributed by atoms with E-state index in [9.17, 15) is 14.7 Å². The molecule has 8 heteroatoms. The van der Waals surface area contributed by atoms with Gasteiger partial charge in [-0.25, -0.2) is 4.98 Å². The third-order valence-electron chi connectivity index (χ3n) is 10.6. The molecule has 2 N–H and O–H groups in total. The predicted octanol–water partition coefficient (Wildman–Crippen LogP) is 8.04. The van der Waals surface area contributed by atoms with Crippen molar-refractivity contribution in [3.8, 4) is 34.0 Å². The highest BCUT2D eigenvalue weighted by molar-refractivity contribution is 5.83. The molecule has 1 amide bonds. The molecule has 0 unspecified atom stereocenters. The Bertz CT molecular complexity index is 1950. The Morgan fingerprint density at radius 3 is 2.37 bits per heavy atom. The zero-order valence-electron chi connectivity index (χ0n) is 30.4. The number of pyridine rings is 1. The van der Waals surface area contributed by atoms with Crippen molar-refractivity contribution >= 4 is 24.0 Å². The highest BCUT2D eigenvalue weighted by Gasteiger charge is 2.28. The lowest BCUT2D eigenvalue weighted by Crippen LogP contribution is -2.25. The van der Waals surface area contributed by atoms with Crippen LogP contribution < -0.4 is 14.8 Å². The number of aromatic nitrogens is 1. The van der Waals surface area contributed by atoms with Gasteiger partial charge in [-0.2, -0.15) is 0 Å². The van der Waals surface area contributed by atoms with Gasteiger partial charge in [-0.15, -0.1) is 0 Å². The van der Waals surface area contributed by atoms with Gasteiger partial charge in [0.05, 0.1) is 25.8 Å². The number of aliphatic carboxylic acids is 1. The van der Waals surface area contributed by atoms with Crippen LogP contribution in [0.5, 0.6) is 11.6 Å². The maximum absolute atomic E-state index is 11.6. The molecule has 6 rings (SSSR count). The Morgan fingerprint density at radius 2 is 1.67 bits per heavy atom. The molecule has 4 aromatic rings. The number of carbonyl (C=O) groups excluding carboxylic acids is 1. The van der Waals surface area contributed by atoms with Gasteiger partial charge in [0.1, 0.15) is 5.75 Å². The van der Waals surface area contributed by atoms with Crippen molar-refractivity contribution in [3.63, 3.8) is 0 Å². The van der Waals surface area contributed by atoms with Gasteiger partial charge in [-0.3, -0.25) is 14.5 Å². The molecule has 0 spiro atoms. The van der Waals surface area contributed by atoms with E-state index >= 15 is 0 Å². The maximum atomic E-state index is 11.6. The van der Waals surface area contributed by atoms with Crippen LogP contribution in [0.3, 0.4) is 0 Å². The standard InChI is InChI=1S/C43H49N3O5/c1-27-23-34(26-46-22-21-33(25-46)43(48)49)40(50-4)24-32(27)16-15-30-9-7-12-36(28(30)2)37-13-8-14-38(29(37)3)39-19-17-31(42(45-39)51-5)10-6-11-35-18-20-41(47)44-35/h7-9,12-17,19,23-24,33,35H,6,10-11,18,20-22,25-26H2,1-5H3,(H,44,47)(H,48,49)/b16-15+/t33-,35-/m1/s1. The summed E-state index contributed by atoms with van der Waals surface area (Å²) in [5.41, 5.74) is 12.2. The topological polar surface area (TPSA) is 101 Å². The van der Waals surface area contributed by atoms with Gasteiger partial charge in [0.2, 0.25) is 11.8 Å². The van der Waals surface area contributed by atoms with E-state index in [2.05, 4.69) is 104 Å². The molecule has 2 aliphatic heterocycles. The van der Waals surface area contributed by atoms with E-state index in [1.807, 2.05) is 0 Å². The summed E-state index contributed by atoms with van der Waals surface area (Å²) in [6.45, 7) is 8.46. The number of carboxylic acids is 1. The van der Waals surface area contributed by atoms with Gasteiger partial charge in [0, 0.05) is 42.2 Å². The summed E-state index contributed by atoms with van der Waals surface area (Å²) in [7, 11) is 3.37. The van der Waals surface area contributed by atoms with Crippen molar-refractivity contribution in [1.82, 2.24) is 15.2 Å². The summed E-state index contributed by atoms with van der Waals surface area (Å²) in [5, 5.41) is 12.5. The zero-order chi connectivity index (χ0) is 36.1. The first kappa shape index (κ1) is 35.9. The molecular weight excluding hydrogens is 638 g/mol. The monoisotopic (exact) mass is 687 g/mol. The zero-order valence-corrected chi connectivity index (χ0v) is 30.4. The third kappa shape index (κ3) is 8.18. The third-order valence-corrected chi connectivity index (χ3v) is 10.6. The molecule has 0 bridgehead atoms. The van der Waals surface area contributed by atoms with Gasteiger partial charge in [-0.1, -0.05) is 60.7 Å². The van der Waals surface area contributed by atoms with Crippen LogP contribution in [0.25, 0.3) is 34.5 Å². The molecule has 8 nitrogen and oxygen atoms in total. The molecule has 0 radical (unpaired) electrons. The van der Waals surface area contributed by atoms with Gasteiger partial charge in [0.15, 0.2) is 0 Å². The van der Waals surface area contributed by atoms with E-state index in [-0.39, 0.29) is 17.9 Å². The molecule has 51 heavy (non-hydrogen) atoms. The number of nitrogens with one attached hydrogen (secondary N) is 1. The van der Waals surface area contributed by atoms with Crippen LogP contribution in [0, 0.1) is 26.7 Å². The fraction of sp³-hybridized carbons (Fsp3) is 0.372. The second-order valence-electron chi connectivity index (χ2n) is 14.0. The smallest absolute Gasteiger partial charge is 0.307 e. The second-order valence-corrected chi connectivity index (χ2v) is 14.0. The number of hydrogen-bond donors (Lipinski definition) is 2. The van der Waals surface area contributed by atoms with E-state index in [0.29, 0.717) is 31.8 Å². The number of nitrogens with zero attached hydrogens (tertiary/aromatic N) is 2. The summed E-state index contributed by atoms with van der Waals surface area (Å²) >= 11 is 0. The lowest BCUT2D eigenvalue weighted by molar-refractivity contribution is -0.141. The number of likely N-dealkylation sites (tertiary alicyclic amines) is 1. The van der Waals surface area contributed by atoms with Crippen LogP contribution in [0.15, 0.2) is 60.7 Å². The van der Waals surface area contributed by atoms with Crippen LogP contribution in [0.4, 0.5) is 0 Å². The lowest BCUT2D eigenvalue weighted by atomic mass is 9.90. The van der Waals surface area contributed by atoms with Crippen molar-refractivity contribution in [2.75, 3.05) is 27.3 Å². The van der Waals surface area contributed by atoms with Crippen molar-refractivity contribution in [1.29, 1.82) is 0 Å². The van der Waals surface area contributed by atoms with Gasteiger partial charge in [0.25, 0.3) is 0 Å². The number of hydrogen-bond acceptors (Lipinski definition) is 6. The molecule has 2 aliphatic rings. The van der Waals surface area contributed by atoms with Crippen LogP contribution in [-0.4, -0.2) is 60.2 Å². The number of amides is 1. The Hall–Kier alpha value is -4.95. The van der Waals surface area contributed by atoms with Crippen LogP contribution >= 0.6 is 0 Å². The maximum Gasteiger partial charge on any atom is 0.307 e. The summed E-state index contributed by atoms with van der Waals surface area (Å²) in [6.07, 6.45) is 9.33. The fourth-order valence-corrected chi connectivity index (χ4v) is 7.60. The summed E-state index contributed by atoms with van der Waals surface area (Å²) in [5.74, 6) is 0.609. The van der Waals surface area contributed by atoms with E-state index in [0.717, 1.165) is 88.2 Å². The first-order valence-corrected chi connectivity index (χ1v) is 18.0. The number of rotatable bonds is 13. The highest BCUT2D eigenvalue weighted by atomic mass is 16.5. The highest BCUT2D eigenvalue weighted by Crippen LogP contribution is 2.36. The summed E-state index contributed by atoms with van der Waals surface area (Å²) in [6, 6.07) is 21.6. The SMILES string of the molecule is COc1cc(/C=C/c2cccc(-c3cccc(-c4ccc(CCC[C@@H]5CCC(=O)N5)c(OC)n4)c3C)c2C)c(C)cc1CN1CC[C@@H](C(=O)O)C1. The Labute approximate surface area is 301 Å². The minimum Gasteiger partial charge on any atom is -0.496 e. The predicted molar refractivity (Wildman–Crippen MR) is 203 cm³/mol. The molecule has 3 heterocycles. The van der Waals surface area contributed by atoms with Crippen LogP contribution in [0.2, 0.25) is 0 Å². The fourth-order valence-electron chi connectivity index (χ4n) is 7.60. The van der Waals surface area contributed by atoms with Crippen LogP contribution in [-0.2, 0) is 22.6 Å².